The van der Waals surface area contributed by atoms with E-state index in [0.717, 1.165) is 27.2 Å². The largest absolute Gasteiger partial charge is 0.388 e. The minimum absolute atomic E-state index is 0.128. The highest BCUT2D eigenvalue weighted by molar-refractivity contribution is 14.1. The average Bonchev–Trinajstić information content (AvgIpc) is 2.48. The van der Waals surface area contributed by atoms with Crippen molar-refractivity contribution in [2.75, 3.05) is 11.4 Å². The van der Waals surface area contributed by atoms with Crippen molar-refractivity contribution < 1.29 is 5.11 Å². The van der Waals surface area contributed by atoms with Gasteiger partial charge < -0.3 is 10.0 Å². The van der Waals surface area contributed by atoms with Crippen molar-refractivity contribution in [3.63, 3.8) is 0 Å². The van der Waals surface area contributed by atoms with E-state index in [1.54, 1.807) is 0 Å². The molecule has 2 nitrogen and oxygen atoms in total. The number of nitrogens with zero attached hydrogens (tertiary/aromatic N) is 1. The second-order valence-corrected chi connectivity index (χ2v) is 6.14. The van der Waals surface area contributed by atoms with Gasteiger partial charge >= 0.3 is 0 Å². The van der Waals surface area contributed by atoms with Crippen LogP contribution in [0, 0.1) is 3.57 Å². The first-order valence-corrected chi connectivity index (χ1v) is 6.81. The molecule has 2 rings (SSSR count). The molecule has 0 aliphatic carbocycles. The highest BCUT2D eigenvalue weighted by Gasteiger charge is 2.39. The van der Waals surface area contributed by atoms with Crippen LogP contribution in [0.5, 0.6) is 0 Å². The molecule has 0 unspecified atom stereocenters. The van der Waals surface area contributed by atoms with Gasteiger partial charge in [0.05, 0.1) is 16.7 Å². The number of aliphatic hydroxyl groups is 1. The van der Waals surface area contributed by atoms with Gasteiger partial charge in [0.15, 0.2) is 0 Å². The summed E-state index contributed by atoms with van der Waals surface area (Å²) >= 11 is 8.33. The minimum Gasteiger partial charge on any atom is -0.388 e. The Morgan fingerprint density at radius 1 is 1.56 bits per heavy atom. The fraction of sp³-hybridized carbons (Fsp3) is 0.500. The lowest BCUT2D eigenvalue weighted by molar-refractivity contribution is 0.0566. The fourth-order valence-corrected chi connectivity index (χ4v) is 2.61. The molecule has 2 atom stereocenters. The van der Waals surface area contributed by atoms with Crippen LogP contribution in [0.1, 0.15) is 20.3 Å². The average molecular weight is 352 g/mol. The Morgan fingerprint density at radius 3 is 2.75 bits per heavy atom. The molecule has 0 radical (unpaired) electrons. The second kappa shape index (κ2) is 4.35. The lowest BCUT2D eigenvalue weighted by Gasteiger charge is -2.29. The molecule has 1 N–H and O–H groups in total. The topological polar surface area (TPSA) is 23.5 Å². The van der Waals surface area contributed by atoms with Crippen molar-refractivity contribution in [1.82, 2.24) is 0 Å². The highest BCUT2D eigenvalue weighted by Crippen LogP contribution is 2.34. The van der Waals surface area contributed by atoms with Crippen molar-refractivity contribution >= 4 is 39.9 Å². The number of anilines is 1. The molecule has 4 heteroatoms. The number of rotatable bonds is 1. The van der Waals surface area contributed by atoms with Gasteiger partial charge in [0.2, 0.25) is 0 Å². The van der Waals surface area contributed by atoms with Crippen LogP contribution >= 0.6 is 34.2 Å². The first-order valence-electron chi connectivity index (χ1n) is 5.36. The number of halogens is 2. The molecule has 88 valence electrons. The maximum absolute atomic E-state index is 10.1. The van der Waals surface area contributed by atoms with Crippen LogP contribution in [0.25, 0.3) is 0 Å². The van der Waals surface area contributed by atoms with Crippen LogP contribution in [0.2, 0.25) is 5.02 Å². The monoisotopic (exact) mass is 351 g/mol. The first kappa shape index (κ1) is 12.5. The molecular weight excluding hydrogens is 336 g/mol. The minimum atomic E-state index is -0.602. The summed E-state index contributed by atoms with van der Waals surface area (Å²) in [6.45, 7) is 4.83. The van der Waals surface area contributed by atoms with E-state index in [1.807, 2.05) is 19.1 Å². The lowest BCUT2D eigenvalue weighted by atomic mass is 9.99. The van der Waals surface area contributed by atoms with Gasteiger partial charge in [-0.3, -0.25) is 0 Å². The molecule has 1 aliphatic rings. The van der Waals surface area contributed by atoms with E-state index < -0.39 is 5.60 Å². The first-order chi connectivity index (χ1) is 7.42. The van der Waals surface area contributed by atoms with Crippen molar-refractivity contribution in [3.8, 4) is 0 Å². The van der Waals surface area contributed by atoms with Crippen molar-refractivity contribution in [2.24, 2.45) is 0 Å². The summed E-state index contributed by atoms with van der Waals surface area (Å²) in [6, 6.07) is 6.17. The molecule has 0 aromatic heterocycles. The molecule has 1 heterocycles. The van der Waals surface area contributed by atoms with Crippen molar-refractivity contribution in [3.05, 3.63) is 26.8 Å². The van der Waals surface area contributed by atoms with Crippen LogP contribution in [0.15, 0.2) is 18.2 Å². The normalized spacial score (nSPS) is 29.8. The number of hydrogen-bond donors (Lipinski definition) is 1. The van der Waals surface area contributed by atoms with E-state index in [0.29, 0.717) is 0 Å². The summed E-state index contributed by atoms with van der Waals surface area (Å²) in [5.41, 5.74) is 0.492. The summed E-state index contributed by atoms with van der Waals surface area (Å²) in [7, 11) is 0. The molecule has 1 aliphatic heterocycles. The maximum atomic E-state index is 10.1. The van der Waals surface area contributed by atoms with E-state index in [1.165, 1.54) is 0 Å². The predicted octanol–water partition coefficient (Wildman–Crippen LogP) is 3.29. The standard InChI is InChI=1S/C12H15ClINO/c1-8-12(2,16)5-6-15(8)9-3-4-11(14)10(13)7-9/h3-4,7-8,16H,5-6H2,1-2H3/t8-,12-/m0/s1. The predicted molar refractivity (Wildman–Crippen MR) is 76.2 cm³/mol. The van der Waals surface area contributed by atoms with E-state index in [9.17, 15) is 5.11 Å². The smallest absolute Gasteiger partial charge is 0.0836 e. The summed E-state index contributed by atoms with van der Waals surface area (Å²) in [4.78, 5) is 2.21. The summed E-state index contributed by atoms with van der Waals surface area (Å²) in [6.07, 6.45) is 0.803. The Balaban J connectivity index is 2.29. The Hall–Kier alpha value is -0.000000000000000132. The zero-order valence-electron chi connectivity index (χ0n) is 9.37. The fourth-order valence-electron chi connectivity index (χ4n) is 2.10. The Morgan fingerprint density at radius 2 is 2.25 bits per heavy atom. The summed E-state index contributed by atoms with van der Waals surface area (Å²) in [5.74, 6) is 0. The Labute approximate surface area is 115 Å². The van der Waals surface area contributed by atoms with Gasteiger partial charge in [-0.25, -0.2) is 0 Å². The van der Waals surface area contributed by atoms with Gasteiger partial charge in [-0.2, -0.15) is 0 Å². The highest BCUT2D eigenvalue weighted by atomic mass is 127. The second-order valence-electron chi connectivity index (χ2n) is 4.57. The molecule has 0 bridgehead atoms. The molecule has 0 saturated carbocycles. The molecule has 0 spiro atoms. The van der Waals surface area contributed by atoms with E-state index in [-0.39, 0.29) is 6.04 Å². The van der Waals surface area contributed by atoms with Crippen molar-refractivity contribution in [1.29, 1.82) is 0 Å². The van der Waals surface area contributed by atoms with Crippen molar-refractivity contribution in [2.45, 2.75) is 31.9 Å². The van der Waals surface area contributed by atoms with Gasteiger partial charge in [0.1, 0.15) is 0 Å². The summed E-state index contributed by atoms with van der Waals surface area (Å²) < 4.78 is 1.06. The molecule has 1 fully saturated rings. The Bertz CT molecular complexity index is 408. The third kappa shape index (κ3) is 2.17. The maximum Gasteiger partial charge on any atom is 0.0836 e. The molecule has 1 saturated heterocycles. The van der Waals surface area contributed by atoms with Crippen LogP contribution in [0.3, 0.4) is 0 Å². The lowest BCUT2D eigenvalue weighted by Crippen LogP contribution is -2.40. The van der Waals surface area contributed by atoms with Gasteiger partial charge in [-0.1, -0.05) is 11.6 Å². The van der Waals surface area contributed by atoms with Gasteiger partial charge in [-0.15, -0.1) is 0 Å². The van der Waals surface area contributed by atoms with E-state index >= 15 is 0 Å². The quantitative estimate of drug-likeness (QED) is 0.785. The molecule has 16 heavy (non-hydrogen) atoms. The van der Waals surface area contributed by atoms with Crippen LogP contribution < -0.4 is 4.90 Å². The molecule has 1 aromatic rings. The van der Waals surface area contributed by atoms with E-state index in [4.69, 9.17) is 11.6 Å². The molecule has 0 amide bonds. The third-order valence-electron chi connectivity index (χ3n) is 3.46. The van der Waals surface area contributed by atoms with Crippen LogP contribution in [0.4, 0.5) is 5.69 Å². The van der Waals surface area contributed by atoms with Crippen LogP contribution in [-0.4, -0.2) is 23.3 Å². The summed E-state index contributed by atoms with van der Waals surface area (Å²) in [5, 5.41) is 10.9. The van der Waals surface area contributed by atoms with Gasteiger partial charge in [0, 0.05) is 15.8 Å². The zero-order valence-corrected chi connectivity index (χ0v) is 12.3. The van der Waals surface area contributed by atoms with Crippen LogP contribution in [-0.2, 0) is 0 Å². The third-order valence-corrected chi connectivity index (χ3v) is 5.03. The Kier molecular flexibility index (Phi) is 3.39. The van der Waals surface area contributed by atoms with Gasteiger partial charge in [-0.05, 0) is 61.1 Å². The zero-order chi connectivity index (χ0) is 11.9. The number of benzene rings is 1. The van der Waals surface area contributed by atoms with E-state index in [2.05, 4.69) is 40.5 Å². The van der Waals surface area contributed by atoms with Gasteiger partial charge in [0.25, 0.3) is 0 Å². The molecular formula is C12H15ClINO. The SMILES string of the molecule is C[C@@H]1N(c2ccc(I)c(Cl)c2)CC[C@]1(C)O. The molecule has 1 aromatic carbocycles. The number of hydrogen-bond acceptors (Lipinski definition) is 2.